The van der Waals surface area contributed by atoms with Crippen molar-refractivity contribution in [3.63, 3.8) is 0 Å². The summed E-state index contributed by atoms with van der Waals surface area (Å²) in [6.45, 7) is 2.96. The van der Waals surface area contributed by atoms with E-state index in [0.29, 0.717) is 17.6 Å². The van der Waals surface area contributed by atoms with E-state index in [2.05, 4.69) is 10.2 Å². The lowest BCUT2D eigenvalue weighted by Crippen LogP contribution is -2.25. The SMILES string of the molecule is O=C(Nc1ccccc1-c1ccccc1)OC1C[C@@H]2CN(Cc3ccc(O)cc3)C[C@@H]2C1. The summed E-state index contributed by atoms with van der Waals surface area (Å²) in [5.74, 6) is 1.44. The van der Waals surface area contributed by atoms with Crippen molar-refractivity contribution in [1.29, 1.82) is 0 Å². The Balaban J connectivity index is 1.14. The van der Waals surface area contributed by atoms with Crippen LogP contribution in [-0.4, -0.2) is 35.3 Å². The average Bonchev–Trinajstić information content (AvgIpc) is 3.34. The highest BCUT2D eigenvalue weighted by Crippen LogP contribution is 2.40. The number of aromatic hydroxyl groups is 1. The normalized spacial score (nSPS) is 22.4. The lowest BCUT2D eigenvalue weighted by Gasteiger charge is -2.20. The van der Waals surface area contributed by atoms with E-state index in [-0.39, 0.29) is 12.2 Å². The Morgan fingerprint density at radius 2 is 1.56 bits per heavy atom. The second kappa shape index (κ2) is 9.05. The molecule has 1 amide bonds. The summed E-state index contributed by atoms with van der Waals surface area (Å²) in [4.78, 5) is 15.1. The van der Waals surface area contributed by atoms with Gasteiger partial charge in [0.15, 0.2) is 0 Å². The molecule has 1 saturated heterocycles. The Hall–Kier alpha value is -3.31. The summed E-state index contributed by atoms with van der Waals surface area (Å²) in [6.07, 6.45) is 1.44. The Kier molecular flexibility index (Phi) is 5.82. The Labute approximate surface area is 188 Å². The second-order valence-corrected chi connectivity index (χ2v) is 8.92. The number of nitrogens with zero attached hydrogens (tertiary/aromatic N) is 1. The zero-order chi connectivity index (χ0) is 21.9. The molecule has 1 heterocycles. The molecule has 5 rings (SSSR count). The number of ether oxygens (including phenoxy) is 1. The van der Waals surface area contributed by atoms with Crippen LogP contribution in [0.4, 0.5) is 10.5 Å². The van der Waals surface area contributed by atoms with Crippen LogP contribution in [0.2, 0.25) is 0 Å². The number of phenols is 1. The van der Waals surface area contributed by atoms with Crippen molar-refractivity contribution in [3.05, 3.63) is 84.4 Å². The van der Waals surface area contributed by atoms with E-state index in [4.69, 9.17) is 4.74 Å². The molecule has 2 aliphatic rings. The van der Waals surface area contributed by atoms with Gasteiger partial charge in [0.2, 0.25) is 0 Å². The van der Waals surface area contributed by atoms with Gasteiger partial charge in [-0.05, 0) is 54.0 Å². The van der Waals surface area contributed by atoms with E-state index in [1.165, 1.54) is 5.56 Å². The number of hydrogen-bond acceptors (Lipinski definition) is 4. The number of hydrogen-bond donors (Lipinski definition) is 2. The van der Waals surface area contributed by atoms with Gasteiger partial charge in [-0.3, -0.25) is 10.2 Å². The summed E-state index contributed by atoms with van der Waals surface area (Å²) >= 11 is 0. The fraction of sp³-hybridized carbons (Fsp3) is 0.296. The fourth-order valence-electron chi connectivity index (χ4n) is 5.18. The van der Waals surface area contributed by atoms with Crippen LogP contribution in [0.3, 0.4) is 0 Å². The molecule has 3 atom stereocenters. The quantitative estimate of drug-likeness (QED) is 0.562. The number of carbonyl (C=O) groups excluding carboxylic acids is 1. The summed E-state index contributed by atoms with van der Waals surface area (Å²) in [6, 6.07) is 25.3. The first-order valence-corrected chi connectivity index (χ1v) is 11.3. The molecular weight excluding hydrogens is 400 g/mol. The molecule has 3 aromatic rings. The number of amides is 1. The van der Waals surface area contributed by atoms with Crippen LogP contribution in [0.1, 0.15) is 18.4 Å². The molecule has 1 aliphatic carbocycles. The van der Waals surface area contributed by atoms with E-state index in [1.54, 1.807) is 12.1 Å². The molecule has 5 heteroatoms. The van der Waals surface area contributed by atoms with Gasteiger partial charge in [0, 0.05) is 25.2 Å². The third-order valence-electron chi connectivity index (χ3n) is 6.65. The van der Waals surface area contributed by atoms with Crippen LogP contribution in [0, 0.1) is 11.8 Å². The van der Waals surface area contributed by atoms with Gasteiger partial charge in [-0.2, -0.15) is 0 Å². The predicted molar refractivity (Wildman–Crippen MR) is 125 cm³/mol. The van der Waals surface area contributed by atoms with E-state index < -0.39 is 0 Å². The van der Waals surface area contributed by atoms with Crippen LogP contribution in [-0.2, 0) is 11.3 Å². The van der Waals surface area contributed by atoms with E-state index in [9.17, 15) is 9.90 Å². The van der Waals surface area contributed by atoms with Crippen molar-refractivity contribution in [2.75, 3.05) is 18.4 Å². The fourth-order valence-corrected chi connectivity index (χ4v) is 5.18. The Morgan fingerprint density at radius 1 is 0.906 bits per heavy atom. The van der Waals surface area contributed by atoms with Crippen LogP contribution < -0.4 is 5.32 Å². The van der Waals surface area contributed by atoms with Gasteiger partial charge in [0.1, 0.15) is 11.9 Å². The molecule has 3 aromatic carbocycles. The first-order chi connectivity index (χ1) is 15.6. The number of para-hydroxylation sites is 1. The van der Waals surface area contributed by atoms with Crippen LogP contribution in [0.25, 0.3) is 11.1 Å². The third-order valence-corrected chi connectivity index (χ3v) is 6.65. The second-order valence-electron chi connectivity index (χ2n) is 8.92. The number of anilines is 1. The van der Waals surface area contributed by atoms with Crippen molar-refractivity contribution in [2.24, 2.45) is 11.8 Å². The van der Waals surface area contributed by atoms with Gasteiger partial charge in [-0.25, -0.2) is 4.79 Å². The molecule has 2 N–H and O–H groups in total. The number of rotatable bonds is 5. The first-order valence-electron chi connectivity index (χ1n) is 11.3. The molecule has 5 nitrogen and oxygen atoms in total. The van der Waals surface area contributed by atoms with E-state index >= 15 is 0 Å². The lowest BCUT2D eigenvalue weighted by atomic mass is 10.0. The third kappa shape index (κ3) is 4.63. The van der Waals surface area contributed by atoms with Gasteiger partial charge in [-0.1, -0.05) is 60.7 Å². The Morgan fingerprint density at radius 3 is 2.28 bits per heavy atom. The zero-order valence-corrected chi connectivity index (χ0v) is 18.0. The number of nitrogens with one attached hydrogen (secondary N) is 1. The van der Waals surface area contributed by atoms with Crippen molar-refractivity contribution in [2.45, 2.75) is 25.5 Å². The first kappa shape index (κ1) is 20.6. The number of carbonyl (C=O) groups is 1. The van der Waals surface area contributed by atoms with Crippen molar-refractivity contribution in [3.8, 4) is 16.9 Å². The zero-order valence-electron chi connectivity index (χ0n) is 18.0. The maximum atomic E-state index is 12.6. The summed E-state index contributed by atoms with van der Waals surface area (Å²) < 4.78 is 5.81. The van der Waals surface area contributed by atoms with E-state index in [1.807, 2.05) is 66.7 Å². The van der Waals surface area contributed by atoms with Gasteiger partial charge in [0.25, 0.3) is 0 Å². The smallest absolute Gasteiger partial charge is 0.411 e. The number of phenolic OH excluding ortho intramolecular Hbond substituents is 1. The monoisotopic (exact) mass is 428 g/mol. The highest BCUT2D eigenvalue weighted by Gasteiger charge is 2.42. The van der Waals surface area contributed by atoms with Crippen LogP contribution in [0.15, 0.2) is 78.9 Å². The van der Waals surface area contributed by atoms with Crippen LogP contribution in [0.5, 0.6) is 5.75 Å². The standard InChI is InChI=1S/C27H28N2O3/c30-23-12-10-19(11-13-23)16-29-17-21-14-24(15-22(21)18-29)32-27(31)28-26-9-5-4-8-25(26)20-6-2-1-3-7-20/h1-13,21-22,24,30H,14-18H2,(H,28,31)/t21-,22+,24?. The molecule has 32 heavy (non-hydrogen) atoms. The maximum absolute atomic E-state index is 12.6. The number of benzene rings is 3. The van der Waals surface area contributed by atoms with Crippen molar-refractivity contribution >= 4 is 11.8 Å². The molecule has 1 aliphatic heterocycles. The molecule has 0 aromatic heterocycles. The summed E-state index contributed by atoms with van der Waals surface area (Å²) in [5, 5.41) is 12.4. The topological polar surface area (TPSA) is 61.8 Å². The van der Waals surface area contributed by atoms with Crippen molar-refractivity contribution in [1.82, 2.24) is 4.90 Å². The molecule has 164 valence electrons. The minimum Gasteiger partial charge on any atom is -0.508 e. The molecule has 1 unspecified atom stereocenters. The molecule has 1 saturated carbocycles. The molecule has 2 fully saturated rings. The highest BCUT2D eigenvalue weighted by atomic mass is 16.6. The van der Waals surface area contributed by atoms with Gasteiger partial charge < -0.3 is 9.84 Å². The minimum absolute atomic E-state index is 0.0234. The average molecular weight is 429 g/mol. The number of fused-ring (bicyclic) bond motifs is 1. The largest absolute Gasteiger partial charge is 0.508 e. The van der Waals surface area contributed by atoms with Gasteiger partial charge in [-0.15, -0.1) is 0 Å². The molecule has 0 spiro atoms. The van der Waals surface area contributed by atoms with E-state index in [0.717, 1.165) is 49.3 Å². The number of likely N-dealkylation sites (tertiary alicyclic amines) is 1. The highest BCUT2D eigenvalue weighted by molar-refractivity contribution is 5.91. The maximum Gasteiger partial charge on any atom is 0.411 e. The predicted octanol–water partition coefficient (Wildman–Crippen LogP) is 5.52. The van der Waals surface area contributed by atoms with Gasteiger partial charge >= 0.3 is 6.09 Å². The minimum atomic E-state index is -0.376. The van der Waals surface area contributed by atoms with Gasteiger partial charge in [0.05, 0.1) is 5.69 Å². The summed E-state index contributed by atoms with van der Waals surface area (Å²) in [7, 11) is 0. The molecule has 0 radical (unpaired) electrons. The lowest BCUT2D eigenvalue weighted by molar-refractivity contribution is 0.105. The van der Waals surface area contributed by atoms with Crippen molar-refractivity contribution < 1.29 is 14.6 Å². The molecular formula is C27H28N2O3. The molecule has 0 bridgehead atoms. The summed E-state index contributed by atoms with van der Waals surface area (Å²) in [5.41, 5.74) is 4.03. The van der Waals surface area contributed by atoms with Crippen LogP contribution >= 0.6 is 0 Å². The Bertz CT molecular complexity index is 1050.